The highest BCUT2D eigenvalue weighted by molar-refractivity contribution is 9.10. The van der Waals surface area contributed by atoms with Crippen LogP contribution >= 0.6 is 15.9 Å². The van der Waals surface area contributed by atoms with E-state index in [1.165, 1.54) is 6.07 Å². The predicted octanol–water partition coefficient (Wildman–Crippen LogP) is 1.27. The summed E-state index contributed by atoms with van der Waals surface area (Å²) in [6.45, 7) is 5.91. The molecular formula is C17H24BrFN4O. The highest BCUT2D eigenvalue weighted by Gasteiger charge is 2.26. The molecule has 0 aromatic heterocycles. The summed E-state index contributed by atoms with van der Waals surface area (Å²) < 4.78 is 14.7. The molecule has 1 aromatic carbocycles. The molecule has 7 heteroatoms. The molecule has 0 bridgehead atoms. The standard InChI is InChI=1S/C17H24BrFN4O/c18-14-2-1-13(16(19)9-14)10-21-5-7-22(8-6-21)12-17(24)23-4-3-15(20)11-23/h1-2,9,15H,3-8,10-12,20H2/t15-/m1/s1. The fourth-order valence-electron chi connectivity index (χ4n) is 3.30. The van der Waals surface area contributed by atoms with Gasteiger partial charge in [0.05, 0.1) is 6.54 Å². The Morgan fingerprint density at radius 2 is 1.92 bits per heavy atom. The van der Waals surface area contributed by atoms with Crippen LogP contribution in [0, 0.1) is 5.82 Å². The number of hydrogen-bond donors (Lipinski definition) is 1. The van der Waals surface area contributed by atoms with E-state index in [0.29, 0.717) is 25.2 Å². The topological polar surface area (TPSA) is 52.8 Å². The molecule has 24 heavy (non-hydrogen) atoms. The van der Waals surface area contributed by atoms with E-state index < -0.39 is 0 Å². The minimum absolute atomic E-state index is 0.131. The molecule has 0 unspecified atom stereocenters. The maximum Gasteiger partial charge on any atom is 0.236 e. The van der Waals surface area contributed by atoms with Gasteiger partial charge in [-0.3, -0.25) is 14.6 Å². The van der Waals surface area contributed by atoms with Crippen LogP contribution in [0.25, 0.3) is 0 Å². The van der Waals surface area contributed by atoms with Crippen LogP contribution in [0.1, 0.15) is 12.0 Å². The van der Waals surface area contributed by atoms with Gasteiger partial charge in [-0.25, -0.2) is 4.39 Å². The summed E-state index contributed by atoms with van der Waals surface area (Å²) >= 11 is 3.28. The molecule has 2 heterocycles. The third kappa shape index (κ3) is 4.53. The van der Waals surface area contributed by atoms with E-state index in [9.17, 15) is 9.18 Å². The van der Waals surface area contributed by atoms with Gasteiger partial charge >= 0.3 is 0 Å². The predicted molar refractivity (Wildman–Crippen MR) is 95.0 cm³/mol. The molecule has 0 spiro atoms. The van der Waals surface area contributed by atoms with Gasteiger partial charge in [-0.2, -0.15) is 0 Å². The third-order valence-corrected chi connectivity index (χ3v) is 5.30. The second-order valence-electron chi connectivity index (χ2n) is 6.68. The maximum absolute atomic E-state index is 13.9. The lowest BCUT2D eigenvalue weighted by Crippen LogP contribution is -2.49. The van der Waals surface area contributed by atoms with Gasteiger partial charge in [-0.05, 0) is 18.6 Å². The summed E-state index contributed by atoms with van der Waals surface area (Å²) in [5.74, 6) is 0.00251. The van der Waals surface area contributed by atoms with Gasteiger partial charge < -0.3 is 10.6 Å². The van der Waals surface area contributed by atoms with Crippen LogP contribution in [-0.2, 0) is 11.3 Å². The van der Waals surface area contributed by atoms with Crippen molar-refractivity contribution in [2.75, 3.05) is 45.8 Å². The largest absolute Gasteiger partial charge is 0.340 e. The fraction of sp³-hybridized carbons (Fsp3) is 0.588. The maximum atomic E-state index is 13.9. The van der Waals surface area contributed by atoms with Crippen molar-refractivity contribution in [1.29, 1.82) is 0 Å². The first-order valence-corrected chi connectivity index (χ1v) is 9.22. The van der Waals surface area contributed by atoms with Crippen molar-refractivity contribution in [3.05, 3.63) is 34.1 Å². The average molecular weight is 399 g/mol. The second-order valence-corrected chi connectivity index (χ2v) is 7.59. The van der Waals surface area contributed by atoms with Crippen molar-refractivity contribution in [3.8, 4) is 0 Å². The quantitative estimate of drug-likeness (QED) is 0.829. The van der Waals surface area contributed by atoms with Crippen molar-refractivity contribution >= 4 is 21.8 Å². The Kier molecular flexibility index (Phi) is 5.86. The zero-order valence-corrected chi connectivity index (χ0v) is 15.3. The molecule has 1 amide bonds. The summed E-state index contributed by atoms with van der Waals surface area (Å²) in [7, 11) is 0. The van der Waals surface area contributed by atoms with Crippen LogP contribution in [0.3, 0.4) is 0 Å². The van der Waals surface area contributed by atoms with Crippen molar-refractivity contribution in [3.63, 3.8) is 0 Å². The first-order valence-electron chi connectivity index (χ1n) is 8.43. The number of piperazine rings is 1. The van der Waals surface area contributed by atoms with Gasteiger partial charge in [0.2, 0.25) is 5.91 Å². The Hall–Kier alpha value is -1.02. The minimum Gasteiger partial charge on any atom is -0.340 e. The number of rotatable bonds is 4. The van der Waals surface area contributed by atoms with Crippen LogP contribution in [0.2, 0.25) is 0 Å². The van der Waals surface area contributed by atoms with Gasteiger partial charge in [-0.15, -0.1) is 0 Å². The molecule has 2 saturated heterocycles. The number of hydrogen-bond acceptors (Lipinski definition) is 4. The fourth-order valence-corrected chi connectivity index (χ4v) is 3.63. The van der Waals surface area contributed by atoms with E-state index in [0.717, 1.165) is 43.6 Å². The zero-order chi connectivity index (χ0) is 17.1. The highest BCUT2D eigenvalue weighted by Crippen LogP contribution is 2.17. The number of likely N-dealkylation sites (tertiary alicyclic amines) is 1. The number of carbonyl (C=O) groups excluding carboxylic acids is 1. The van der Waals surface area contributed by atoms with Crippen molar-refractivity contribution in [2.45, 2.75) is 19.0 Å². The van der Waals surface area contributed by atoms with E-state index in [1.54, 1.807) is 0 Å². The SMILES string of the molecule is N[C@@H]1CCN(C(=O)CN2CCN(Cc3ccc(Br)cc3F)CC2)C1. The van der Waals surface area contributed by atoms with Crippen LogP contribution in [-0.4, -0.2) is 72.5 Å². The number of amides is 1. The van der Waals surface area contributed by atoms with E-state index in [4.69, 9.17) is 5.73 Å². The Balaban J connectivity index is 1.44. The number of nitrogens with two attached hydrogens (primary N) is 1. The number of halogens is 2. The third-order valence-electron chi connectivity index (χ3n) is 4.81. The highest BCUT2D eigenvalue weighted by atomic mass is 79.9. The molecule has 2 aliphatic rings. The van der Waals surface area contributed by atoms with Crippen molar-refractivity contribution in [2.24, 2.45) is 5.73 Å². The van der Waals surface area contributed by atoms with E-state index in [-0.39, 0.29) is 17.8 Å². The average Bonchev–Trinajstić information content (AvgIpc) is 2.98. The van der Waals surface area contributed by atoms with Gasteiger partial charge in [0, 0.05) is 61.9 Å². The number of nitrogens with zero attached hydrogens (tertiary/aromatic N) is 3. The molecule has 1 atom stereocenters. The molecule has 0 saturated carbocycles. The van der Waals surface area contributed by atoms with Gasteiger partial charge in [0.15, 0.2) is 0 Å². The summed E-state index contributed by atoms with van der Waals surface area (Å²) in [5.41, 5.74) is 6.58. The van der Waals surface area contributed by atoms with E-state index in [1.807, 2.05) is 17.0 Å². The Bertz CT molecular complexity index is 592. The number of carbonyl (C=O) groups is 1. The molecule has 2 aliphatic heterocycles. The zero-order valence-electron chi connectivity index (χ0n) is 13.8. The molecule has 3 rings (SSSR count). The normalized spacial score (nSPS) is 23.0. The second kappa shape index (κ2) is 7.91. The lowest BCUT2D eigenvalue weighted by atomic mass is 10.2. The van der Waals surface area contributed by atoms with Gasteiger partial charge in [-0.1, -0.05) is 22.0 Å². The molecule has 132 valence electrons. The Labute approximate surface area is 150 Å². The van der Waals surface area contributed by atoms with Crippen LogP contribution in [0.15, 0.2) is 22.7 Å². The molecule has 5 nitrogen and oxygen atoms in total. The van der Waals surface area contributed by atoms with Crippen LogP contribution in [0.5, 0.6) is 0 Å². The smallest absolute Gasteiger partial charge is 0.236 e. The lowest BCUT2D eigenvalue weighted by molar-refractivity contribution is -0.131. The van der Waals surface area contributed by atoms with Crippen LogP contribution in [0.4, 0.5) is 4.39 Å². The Morgan fingerprint density at radius 3 is 2.54 bits per heavy atom. The molecular weight excluding hydrogens is 375 g/mol. The minimum atomic E-state index is -0.174. The van der Waals surface area contributed by atoms with Gasteiger partial charge in [0.1, 0.15) is 5.82 Å². The molecule has 2 N–H and O–H groups in total. The summed E-state index contributed by atoms with van der Waals surface area (Å²) in [5, 5.41) is 0. The Morgan fingerprint density at radius 1 is 1.21 bits per heavy atom. The van der Waals surface area contributed by atoms with E-state index >= 15 is 0 Å². The van der Waals surface area contributed by atoms with Gasteiger partial charge in [0.25, 0.3) is 0 Å². The monoisotopic (exact) mass is 398 g/mol. The molecule has 0 aliphatic carbocycles. The number of benzene rings is 1. The molecule has 0 radical (unpaired) electrons. The summed E-state index contributed by atoms with van der Waals surface area (Å²) in [6.07, 6.45) is 0.901. The van der Waals surface area contributed by atoms with Crippen LogP contribution < -0.4 is 5.73 Å². The first kappa shape index (κ1) is 17.8. The molecule has 1 aromatic rings. The summed E-state index contributed by atoms with van der Waals surface area (Å²) in [4.78, 5) is 18.6. The van der Waals surface area contributed by atoms with Crippen molar-refractivity contribution < 1.29 is 9.18 Å². The summed E-state index contributed by atoms with van der Waals surface area (Å²) in [6, 6.07) is 5.33. The lowest BCUT2D eigenvalue weighted by Gasteiger charge is -2.35. The molecule has 2 fully saturated rings. The first-order chi connectivity index (χ1) is 11.5. The van der Waals surface area contributed by atoms with Crippen molar-refractivity contribution in [1.82, 2.24) is 14.7 Å². The van der Waals surface area contributed by atoms with E-state index in [2.05, 4.69) is 25.7 Å².